The summed E-state index contributed by atoms with van der Waals surface area (Å²) in [5, 5.41) is 0. The van der Waals surface area contributed by atoms with Crippen molar-refractivity contribution in [1.29, 1.82) is 0 Å². The van der Waals surface area contributed by atoms with Crippen LogP contribution >= 0.6 is 0 Å². The van der Waals surface area contributed by atoms with Crippen LogP contribution in [0.1, 0.15) is 63.6 Å². The highest BCUT2D eigenvalue weighted by Crippen LogP contribution is 2.29. The lowest BCUT2D eigenvalue weighted by Gasteiger charge is -2.41. The van der Waals surface area contributed by atoms with Crippen molar-refractivity contribution < 1.29 is 9.53 Å². The topological polar surface area (TPSA) is 45.7 Å². The highest BCUT2D eigenvalue weighted by molar-refractivity contribution is 5.78. The van der Waals surface area contributed by atoms with E-state index in [4.69, 9.17) is 9.72 Å². The van der Waals surface area contributed by atoms with Crippen LogP contribution in [0.4, 0.5) is 0 Å². The van der Waals surface area contributed by atoms with Crippen LogP contribution in [0.5, 0.6) is 5.88 Å². The molecule has 1 atom stereocenters. The summed E-state index contributed by atoms with van der Waals surface area (Å²) in [5.74, 6) is 1.13. The van der Waals surface area contributed by atoms with Gasteiger partial charge in [-0.05, 0) is 37.7 Å². The first-order chi connectivity index (χ1) is 13.1. The van der Waals surface area contributed by atoms with E-state index in [1.807, 2.05) is 17.9 Å². The number of likely N-dealkylation sites (tertiary alicyclic amines) is 1. The summed E-state index contributed by atoms with van der Waals surface area (Å²) < 4.78 is 6.21. The largest absolute Gasteiger partial charge is 0.474 e. The summed E-state index contributed by atoms with van der Waals surface area (Å²) >= 11 is 0. The van der Waals surface area contributed by atoms with E-state index in [0.717, 1.165) is 62.9 Å². The molecule has 1 saturated heterocycles. The van der Waals surface area contributed by atoms with E-state index in [1.54, 1.807) is 0 Å². The van der Waals surface area contributed by atoms with Crippen molar-refractivity contribution in [2.24, 2.45) is 5.92 Å². The minimum atomic E-state index is 0.105. The molecule has 1 aliphatic carbocycles. The standard InChI is InChI=1S/C22H33N3O2/c1-3-16(2)22(26)25-14-11-20-17(15-25)7-8-21(23-20)27-19-9-12-24(13-10-19)18-5-4-6-18/h7-8,16,18-19H,3-6,9-15H2,1-2H3. The number of hydrogen-bond acceptors (Lipinski definition) is 4. The molecule has 0 aromatic carbocycles. The number of fused-ring (bicyclic) bond motifs is 1. The van der Waals surface area contributed by atoms with Gasteiger partial charge in [0.25, 0.3) is 0 Å². The van der Waals surface area contributed by atoms with E-state index >= 15 is 0 Å². The maximum absolute atomic E-state index is 12.4. The van der Waals surface area contributed by atoms with Gasteiger partial charge < -0.3 is 14.5 Å². The third-order valence-electron chi connectivity index (χ3n) is 6.72. The summed E-state index contributed by atoms with van der Waals surface area (Å²) in [6.07, 6.45) is 8.39. The Morgan fingerprint density at radius 3 is 2.67 bits per heavy atom. The van der Waals surface area contributed by atoms with E-state index in [-0.39, 0.29) is 11.8 Å². The molecule has 0 radical (unpaired) electrons. The Morgan fingerprint density at radius 2 is 2.00 bits per heavy atom. The summed E-state index contributed by atoms with van der Waals surface area (Å²) in [5.41, 5.74) is 2.28. The molecule has 2 aliphatic heterocycles. The number of carbonyl (C=O) groups is 1. The lowest BCUT2D eigenvalue weighted by Crippen LogP contribution is -2.46. The first kappa shape index (κ1) is 18.7. The molecule has 1 unspecified atom stereocenters. The Kier molecular flexibility index (Phi) is 5.67. The van der Waals surface area contributed by atoms with Crippen LogP contribution in [0, 0.1) is 5.92 Å². The number of pyridine rings is 1. The number of nitrogens with zero attached hydrogens (tertiary/aromatic N) is 3. The molecule has 4 rings (SSSR count). The lowest BCUT2D eigenvalue weighted by molar-refractivity contribution is -0.136. The quantitative estimate of drug-likeness (QED) is 0.796. The number of amides is 1. The van der Waals surface area contributed by atoms with Crippen molar-refractivity contribution in [1.82, 2.24) is 14.8 Å². The molecule has 148 valence electrons. The van der Waals surface area contributed by atoms with Crippen molar-refractivity contribution in [2.45, 2.75) is 77.5 Å². The number of rotatable bonds is 5. The van der Waals surface area contributed by atoms with Crippen molar-refractivity contribution in [3.8, 4) is 5.88 Å². The molecule has 5 nitrogen and oxygen atoms in total. The van der Waals surface area contributed by atoms with Crippen LogP contribution in [0.2, 0.25) is 0 Å². The zero-order chi connectivity index (χ0) is 18.8. The Labute approximate surface area is 163 Å². The molecule has 1 aromatic rings. The summed E-state index contributed by atoms with van der Waals surface area (Å²) in [4.78, 5) is 21.8. The molecular weight excluding hydrogens is 338 g/mol. The predicted molar refractivity (Wildman–Crippen MR) is 106 cm³/mol. The fraction of sp³-hybridized carbons (Fsp3) is 0.727. The first-order valence-electron chi connectivity index (χ1n) is 10.8. The van der Waals surface area contributed by atoms with E-state index in [2.05, 4.69) is 17.9 Å². The minimum Gasteiger partial charge on any atom is -0.474 e. The Morgan fingerprint density at radius 1 is 1.22 bits per heavy atom. The van der Waals surface area contributed by atoms with Gasteiger partial charge in [0.1, 0.15) is 6.10 Å². The fourth-order valence-corrected chi connectivity index (χ4v) is 4.42. The van der Waals surface area contributed by atoms with Gasteiger partial charge in [-0.3, -0.25) is 4.79 Å². The van der Waals surface area contributed by atoms with Gasteiger partial charge in [0.05, 0.1) is 5.69 Å². The van der Waals surface area contributed by atoms with Crippen LogP contribution in [0.15, 0.2) is 12.1 Å². The van der Waals surface area contributed by atoms with Gasteiger partial charge in [-0.15, -0.1) is 0 Å². The maximum atomic E-state index is 12.4. The average molecular weight is 372 g/mol. The minimum absolute atomic E-state index is 0.105. The monoisotopic (exact) mass is 371 g/mol. The van der Waals surface area contributed by atoms with Gasteiger partial charge >= 0.3 is 0 Å². The zero-order valence-corrected chi connectivity index (χ0v) is 16.8. The third kappa shape index (κ3) is 4.13. The predicted octanol–water partition coefficient (Wildman–Crippen LogP) is 3.41. The van der Waals surface area contributed by atoms with Gasteiger partial charge in [-0.25, -0.2) is 4.98 Å². The second-order valence-electron chi connectivity index (χ2n) is 8.51. The molecule has 3 heterocycles. The van der Waals surface area contributed by atoms with Gasteiger partial charge in [-0.1, -0.05) is 26.3 Å². The zero-order valence-electron chi connectivity index (χ0n) is 16.8. The summed E-state index contributed by atoms with van der Waals surface area (Å²) in [6, 6.07) is 4.94. The van der Waals surface area contributed by atoms with Crippen LogP contribution in [-0.2, 0) is 17.8 Å². The maximum Gasteiger partial charge on any atom is 0.225 e. The average Bonchev–Trinajstić information content (AvgIpc) is 2.66. The second-order valence-corrected chi connectivity index (χ2v) is 8.51. The van der Waals surface area contributed by atoms with Gasteiger partial charge in [0, 0.05) is 50.6 Å². The van der Waals surface area contributed by atoms with E-state index < -0.39 is 0 Å². The van der Waals surface area contributed by atoms with E-state index in [9.17, 15) is 4.79 Å². The number of carbonyl (C=O) groups excluding carboxylic acids is 1. The van der Waals surface area contributed by atoms with Gasteiger partial charge in [0.15, 0.2) is 0 Å². The van der Waals surface area contributed by atoms with Crippen molar-refractivity contribution >= 4 is 5.91 Å². The molecule has 3 aliphatic rings. The van der Waals surface area contributed by atoms with Gasteiger partial charge in [-0.2, -0.15) is 0 Å². The molecule has 1 saturated carbocycles. The molecule has 0 bridgehead atoms. The molecule has 0 spiro atoms. The van der Waals surface area contributed by atoms with Crippen molar-refractivity contribution in [3.05, 3.63) is 23.4 Å². The van der Waals surface area contributed by atoms with Crippen LogP contribution in [-0.4, -0.2) is 52.5 Å². The van der Waals surface area contributed by atoms with E-state index in [0.29, 0.717) is 12.6 Å². The molecule has 2 fully saturated rings. The first-order valence-corrected chi connectivity index (χ1v) is 10.8. The molecule has 1 amide bonds. The molecule has 0 N–H and O–H groups in total. The van der Waals surface area contributed by atoms with Crippen LogP contribution < -0.4 is 4.74 Å². The van der Waals surface area contributed by atoms with Crippen LogP contribution in [0.3, 0.4) is 0 Å². The van der Waals surface area contributed by atoms with Crippen molar-refractivity contribution in [2.75, 3.05) is 19.6 Å². The fourth-order valence-electron chi connectivity index (χ4n) is 4.42. The highest BCUT2D eigenvalue weighted by Gasteiger charge is 2.30. The molecular formula is C22H33N3O2. The number of ether oxygens (including phenoxy) is 1. The van der Waals surface area contributed by atoms with Gasteiger partial charge in [0.2, 0.25) is 11.8 Å². The van der Waals surface area contributed by atoms with Crippen molar-refractivity contribution in [3.63, 3.8) is 0 Å². The normalized spacial score (nSPS) is 22.8. The Balaban J connectivity index is 1.32. The lowest BCUT2D eigenvalue weighted by atomic mass is 9.90. The second kappa shape index (κ2) is 8.17. The van der Waals surface area contributed by atoms with E-state index in [1.165, 1.54) is 24.8 Å². The summed E-state index contributed by atoms with van der Waals surface area (Å²) in [7, 11) is 0. The number of piperidine rings is 1. The molecule has 27 heavy (non-hydrogen) atoms. The SMILES string of the molecule is CCC(C)C(=O)N1CCc2nc(OC3CCN(C4CCC4)CC3)ccc2C1. The molecule has 5 heteroatoms. The highest BCUT2D eigenvalue weighted by atomic mass is 16.5. The Hall–Kier alpha value is -1.62. The molecule has 1 aromatic heterocycles. The Bertz CT molecular complexity index is 666. The number of aromatic nitrogens is 1. The summed E-state index contributed by atoms with van der Waals surface area (Å²) in [6.45, 7) is 7.86. The number of hydrogen-bond donors (Lipinski definition) is 0. The third-order valence-corrected chi connectivity index (χ3v) is 6.72. The van der Waals surface area contributed by atoms with Crippen LogP contribution in [0.25, 0.3) is 0 Å². The smallest absolute Gasteiger partial charge is 0.225 e.